The molecular formula is C23H23FN8O2S. The van der Waals surface area contributed by atoms with Crippen molar-refractivity contribution in [1.29, 1.82) is 0 Å². The molecule has 5 rings (SSSR count). The van der Waals surface area contributed by atoms with Crippen LogP contribution >= 0.6 is 11.3 Å². The summed E-state index contributed by atoms with van der Waals surface area (Å²) in [5.41, 5.74) is 1.90. The lowest BCUT2D eigenvalue weighted by Crippen LogP contribution is -2.40. The molecule has 0 radical (unpaired) electrons. The van der Waals surface area contributed by atoms with E-state index in [0.717, 1.165) is 30.5 Å². The zero-order valence-corrected chi connectivity index (χ0v) is 19.5. The Kier molecular flexibility index (Phi) is 7.73. The summed E-state index contributed by atoms with van der Waals surface area (Å²) in [6, 6.07) is 4.77. The molecule has 0 unspecified atom stereocenters. The molecule has 1 aliphatic heterocycles. The van der Waals surface area contributed by atoms with Gasteiger partial charge in [-0.2, -0.15) is 0 Å². The predicted molar refractivity (Wildman–Crippen MR) is 132 cm³/mol. The number of thiazole rings is 1. The molecule has 1 fully saturated rings. The van der Waals surface area contributed by atoms with E-state index < -0.39 is 0 Å². The number of amides is 2. The minimum Gasteiger partial charge on any atom is -0.357 e. The van der Waals surface area contributed by atoms with Crippen molar-refractivity contribution in [3.05, 3.63) is 61.6 Å². The predicted octanol–water partition coefficient (Wildman–Crippen LogP) is 2.98. The van der Waals surface area contributed by atoms with Gasteiger partial charge >= 0.3 is 0 Å². The first-order valence-corrected chi connectivity index (χ1v) is 11.6. The monoisotopic (exact) mass is 494 g/mol. The molecule has 1 saturated heterocycles. The number of hydrogen-bond acceptors (Lipinski definition) is 8. The molecule has 1 aliphatic rings. The summed E-state index contributed by atoms with van der Waals surface area (Å²) >= 11 is 1.29. The molecule has 0 aliphatic carbocycles. The third-order valence-electron chi connectivity index (χ3n) is 5.16. The summed E-state index contributed by atoms with van der Waals surface area (Å²) in [6.07, 6.45) is 9.66. The Bertz CT molecular complexity index is 1330. The summed E-state index contributed by atoms with van der Waals surface area (Å²) in [5, 5.41) is 6.33. The van der Waals surface area contributed by atoms with Crippen LogP contribution < -0.4 is 10.6 Å². The Hall–Kier alpha value is -4.19. The SMILES string of the molecule is C=CC(=O)N1CCC1.O=CNCCn1cnc2cnc(Nc3ncc(-c4ncccc4F)s3)cc21. The van der Waals surface area contributed by atoms with Gasteiger partial charge in [-0.1, -0.05) is 17.9 Å². The number of carbonyl (C=O) groups excluding carboxylic acids is 2. The highest BCUT2D eigenvalue weighted by atomic mass is 32.1. The molecule has 10 nitrogen and oxygen atoms in total. The zero-order valence-electron chi connectivity index (χ0n) is 18.7. The molecule has 2 amide bonds. The van der Waals surface area contributed by atoms with Crippen molar-refractivity contribution < 1.29 is 14.0 Å². The first-order chi connectivity index (χ1) is 17.1. The molecule has 4 aromatic rings. The zero-order chi connectivity index (χ0) is 24.6. The van der Waals surface area contributed by atoms with Gasteiger partial charge in [0.15, 0.2) is 5.13 Å². The second-order valence-electron chi connectivity index (χ2n) is 7.44. The van der Waals surface area contributed by atoms with Crippen molar-refractivity contribution in [2.45, 2.75) is 13.0 Å². The number of likely N-dealkylation sites (tertiary alicyclic amines) is 1. The fourth-order valence-corrected chi connectivity index (χ4v) is 4.06. The van der Waals surface area contributed by atoms with E-state index in [1.807, 2.05) is 10.6 Å². The smallest absolute Gasteiger partial charge is 0.245 e. The third kappa shape index (κ3) is 5.84. The number of nitrogens with one attached hydrogen (secondary N) is 2. The maximum Gasteiger partial charge on any atom is 0.245 e. The van der Waals surface area contributed by atoms with Crippen LogP contribution in [0.1, 0.15) is 6.42 Å². The van der Waals surface area contributed by atoms with Crippen LogP contribution in [0.2, 0.25) is 0 Å². The average molecular weight is 495 g/mol. The van der Waals surface area contributed by atoms with Crippen LogP contribution in [0.25, 0.3) is 21.6 Å². The summed E-state index contributed by atoms with van der Waals surface area (Å²) in [5.74, 6) is 0.270. The summed E-state index contributed by atoms with van der Waals surface area (Å²) in [7, 11) is 0. The fourth-order valence-electron chi connectivity index (χ4n) is 3.24. The average Bonchev–Trinajstić information content (AvgIpc) is 3.46. The van der Waals surface area contributed by atoms with Crippen LogP contribution in [0.5, 0.6) is 0 Å². The molecule has 0 bridgehead atoms. The molecular weight excluding hydrogens is 471 g/mol. The number of halogens is 1. The van der Waals surface area contributed by atoms with E-state index >= 15 is 0 Å². The van der Waals surface area contributed by atoms with E-state index in [1.54, 1.807) is 35.9 Å². The third-order valence-corrected chi connectivity index (χ3v) is 6.08. The van der Waals surface area contributed by atoms with Gasteiger partial charge in [0.1, 0.15) is 22.8 Å². The lowest BCUT2D eigenvalue weighted by Gasteiger charge is -2.29. The van der Waals surface area contributed by atoms with Crippen LogP contribution in [0.4, 0.5) is 15.3 Å². The van der Waals surface area contributed by atoms with Gasteiger partial charge in [0.05, 0.1) is 22.9 Å². The number of fused-ring (bicyclic) bond motifs is 1. The first kappa shape index (κ1) is 24.0. The van der Waals surface area contributed by atoms with Gasteiger partial charge in [-0.25, -0.2) is 19.3 Å². The van der Waals surface area contributed by atoms with E-state index in [4.69, 9.17) is 0 Å². The minimum atomic E-state index is -0.389. The van der Waals surface area contributed by atoms with Gasteiger partial charge in [-0.15, -0.1) is 0 Å². The lowest BCUT2D eigenvalue weighted by molar-refractivity contribution is -0.129. The standard InChI is InChI=1S/C17H14FN7OS.C6H9NO/c18-11-2-1-3-20-16(11)14-8-22-17(27-14)24-15-6-13-12(7-21-15)23-9-25(13)5-4-19-10-26;1-2-6(8)7-4-3-5-7/h1-3,6-10H,4-5H2,(H,19,26)(H,21,22,24);2H,1,3-5H2. The Balaban J connectivity index is 0.000000308. The van der Waals surface area contributed by atoms with E-state index in [0.29, 0.717) is 35.3 Å². The maximum absolute atomic E-state index is 13.9. The molecule has 0 aromatic carbocycles. The van der Waals surface area contributed by atoms with E-state index in [-0.39, 0.29) is 17.4 Å². The topological polar surface area (TPSA) is 118 Å². The van der Waals surface area contributed by atoms with Gasteiger partial charge in [0, 0.05) is 44.6 Å². The molecule has 0 saturated carbocycles. The van der Waals surface area contributed by atoms with Crippen molar-refractivity contribution in [3.8, 4) is 10.6 Å². The first-order valence-electron chi connectivity index (χ1n) is 10.8. The number of hydrogen-bond donors (Lipinski definition) is 2. The lowest BCUT2D eigenvalue weighted by atomic mass is 10.2. The highest BCUT2D eigenvalue weighted by molar-refractivity contribution is 7.18. The number of carbonyl (C=O) groups is 2. The van der Waals surface area contributed by atoms with Crippen molar-refractivity contribution >= 4 is 45.6 Å². The number of rotatable bonds is 8. The van der Waals surface area contributed by atoms with Crippen molar-refractivity contribution in [2.24, 2.45) is 0 Å². The van der Waals surface area contributed by atoms with Gasteiger partial charge < -0.3 is 20.1 Å². The Labute approximate surface area is 204 Å². The molecule has 4 aromatic heterocycles. The maximum atomic E-state index is 13.9. The molecule has 0 atom stereocenters. The van der Waals surface area contributed by atoms with E-state index in [2.05, 4.69) is 37.1 Å². The van der Waals surface area contributed by atoms with Gasteiger partial charge in [-0.3, -0.25) is 14.6 Å². The summed E-state index contributed by atoms with van der Waals surface area (Å²) in [4.78, 5) is 40.3. The molecule has 35 heavy (non-hydrogen) atoms. The molecule has 5 heterocycles. The number of pyridine rings is 2. The Morgan fingerprint density at radius 3 is 2.77 bits per heavy atom. The minimum absolute atomic E-state index is 0.0660. The van der Waals surface area contributed by atoms with Crippen molar-refractivity contribution in [2.75, 3.05) is 25.0 Å². The quantitative estimate of drug-likeness (QED) is 0.220. The summed E-state index contributed by atoms with van der Waals surface area (Å²) < 4.78 is 15.8. The second-order valence-corrected chi connectivity index (χ2v) is 8.47. The molecule has 2 N–H and O–H groups in total. The Morgan fingerprint density at radius 2 is 2.09 bits per heavy atom. The van der Waals surface area contributed by atoms with Crippen LogP contribution in [-0.4, -0.2) is 61.4 Å². The fraction of sp³-hybridized carbons (Fsp3) is 0.217. The van der Waals surface area contributed by atoms with Gasteiger partial charge in [-0.05, 0) is 24.6 Å². The number of anilines is 2. The normalized spacial score (nSPS) is 12.3. The number of imidazole rings is 1. The van der Waals surface area contributed by atoms with Gasteiger partial charge in [0.2, 0.25) is 12.3 Å². The van der Waals surface area contributed by atoms with Crippen LogP contribution in [0, 0.1) is 5.82 Å². The molecule has 12 heteroatoms. The van der Waals surface area contributed by atoms with Crippen molar-refractivity contribution in [3.63, 3.8) is 0 Å². The van der Waals surface area contributed by atoms with E-state index in [9.17, 15) is 14.0 Å². The largest absolute Gasteiger partial charge is 0.357 e. The highest BCUT2D eigenvalue weighted by Crippen LogP contribution is 2.30. The summed E-state index contributed by atoms with van der Waals surface area (Å²) in [6.45, 7) is 6.32. The second kappa shape index (κ2) is 11.3. The molecule has 0 spiro atoms. The van der Waals surface area contributed by atoms with Crippen molar-refractivity contribution in [1.82, 2.24) is 34.7 Å². The van der Waals surface area contributed by atoms with Crippen LogP contribution in [0.15, 0.2) is 55.8 Å². The highest BCUT2D eigenvalue weighted by Gasteiger charge is 2.16. The number of aromatic nitrogens is 5. The van der Waals surface area contributed by atoms with Crippen LogP contribution in [0.3, 0.4) is 0 Å². The van der Waals surface area contributed by atoms with Gasteiger partial charge in [0.25, 0.3) is 0 Å². The Morgan fingerprint density at radius 1 is 1.23 bits per heavy atom. The van der Waals surface area contributed by atoms with Crippen LogP contribution in [-0.2, 0) is 16.1 Å². The van der Waals surface area contributed by atoms with E-state index in [1.165, 1.54) is 23.5 Å². The number of nitrogens with zero attached hydrogens (tertiary/aromatic N) is 6. The molecule has 180 valence electrons.